The van der Waals surface area contributed by atoms with Gasteiger partial charge in [0.25, 0.3) is 0 Å². The van der Waals surface area contributed by atoms with Crippen molar-refractivity contribution >= 4 is 0 Å². The van der Waals surface area contributed by atoms with Gasteiger partial charge in [-0.15, -0.1) is 0 Å². The van der Waals surface area contributed by atoms with Gasteiger partial charge in [-0.25, -0.2) is 4.79 Å². The van der Waals surface area contributed by atoms with E-state index in [1.54, 1.807) is 17.9 Å². The Labute approximate surface area is 116 Å². The smallest absolute Gasteiger partial charge is 0.330 e. The van der Waals surface area contributed by atoms with Crippen LogP contribution in [0.3, 0.4) is 0 Å². The third-order valence-electron chi connectivity index (χ3n) is 3.17. The van der Waals surface area contributed by atoms with Gasteiger partial charge in [-0.1, -0.05) is 42.5 Å². The number of benzene rings is 2. The molecule has 100 valence electrons. The number of hydrogen-bond donors (Lipinski definition) is 1. The molecule has 2 aromatic carbocycles. The van der Waals surface area contributed by atoms with E-state index in [0.717, 1.165) is 16.9 Å². The Balaban J connectivity index is 2.25. The van der Waals surface area contributed by atoms with Crippen molar-refractivity contribution in [1.82, 2.24) is 9.55 Å². The molecule has 3 aromatic rings. The number of nitrogens with zero attached hydrogens (tertiary/aromatic N) is 1. The second-order valence-corrected chi connectivity index (χ2v) is 4.35. The monoisotopic (exact) mass is 266 g/mol. The summed E-state index contributed by atoms with van der Waals surface area (Å²) in [4.78, 5) is 14.9. The van der Waals surface area contributed by atoms with Crippen molar-refractivity contribution in [1.29, 1.82) is 0 Å². The van der Waals surface area contributed by atoms with Crippen LogP contribution in [0.2, 0.25) is 0 Å². The number of methoxy groups -OCH3 is 1. The van der Waals surface area contributed by atoms with Crippen LogP contribution in [-0.4, -0.2) is 16.7 Å². The Morgan fingerprint density at radius 2 is 1.70 bits per heavy atom. The van der Waals surface area contributed by atoms with Gasteiger partial charge in [0, 0.05) is 11.8 Å². The number of H-pyrrole nitrogens is 1. The molecule has 1 N–H and O–H groups in total. The number of aromatic nitrogens is 2. The summed E-state index contributed by atoms with van der Waals surface area (Å²) >= 11 is 0. The molecule has 1 aromatic heterocycles. The van der Waals surface area contributed by atoms with Gasteiger partial charge < -0.3 is 9.72 Å². The quantitative estimate of drug-likeness (QED) is 0.792. The SMILES string of the molecule is COc1ccccc1-n1c(-c2ccccc2)c[nH]c1=O. The highest BCUT2D eigenvalue weighted by molar-refractivity contribution is 5.63. The van der Waals surface area contributed by atoms with Gasteiger partial charge in [-0.05, 0) is 12.1 Å². The number of ether oxygens (including phenoxy) is 1. The molecule has 0 atom stereocenters. The minimum absolute atomic E-state index is 0.187. The second kappa shape index (κ2) is 5.09. The molecule has 0 fully saturated rings. The zero-order chi connectivity index (χ0) is 13.9. The first-order valence-corrected chi connectivity index (χ1v) is 6.30. The van der Waals surface area contributed by atoms with Crippen LogP contribution in [0.4, 0.5) is 0 Å². The molecule has 0 radical (unpaired) electrons. The molecular formula is C16H14N2O2. The standard InChI is InChI=1S/C16H14N2O2/c1-20-15-10-6-5-9-13(15)18-14(11-17-16(18)19)12-7-3-2-4-8-12/h2-11H,1H3,(H,17,19). The van der Waals surface area contributed by atoms with Gasteiger partial charge >= 0.3 is 5.69 Å². The van der Waals surface area contributed by atoms with E-state index < -0.39 is 0 Å². The molecule has 0 amide bonds. The first-order valence-electron chi connectivity index (χ1n) is 6.30. The van der Waals surface area contributed by atoms with Gasteiger partial charge in [-0.2, -0.15) is 0 Å². The Kier molecular flexibility index (Phi) is 3.13. The highest BCUT2D eigenvalue weighted by Gasteiger charge is 2.13. The van der Waals surface area contributed by atoms with E-state index in [2.05, 4.69) is 4.98 Å². The lowest BCUT2D eigenvalue weighted by molar-refractivity contribution is 0.412. The molecular weight excluding hydrogens is 252 g/mol. The van der Waals surface area contributed by atoms with Crippen molar-refractivity contribution in [2.24, 2.45) is 0 Å². The Morgan fingerprint density at radius 1 is 1.00 bits per heavy atom. The molecule has 0 bridgehead atoms. The summed E-state index contributed by atoms with van der Waals surface area (Å²) in [7, 11) is 1.60. The van der Waals surface area contributed by atoms with Gasteiger partial charge in [0.1, 0.15) is 5.75 Å². The fourth-order valence-electron chi connectivity index (χ4n) is 2.24. The van der Waals surface area contributed by atoms with Crippen molar-refractivity contribution < 1.29 is 4.74 Å². The molecule has 3 rings (SSSR count). The predicted molar refractivity (Wildman–Crippen MR) is 78.4 cm³/mol. The largest absolute Gasteiger partial charge is 0.495 e. The molecule has 0 aliphatic carbocycles. The van der Waals surface area contributed by atoms with Crippen LogP contribution < -0.4 is 10.4 Å². The average Bonchev–Trinajstić information content (AvgIpc) is 2.89. The number of imidazole rings is 1. The first kappa shape index (κ1) is 12.3. The molecule has 0 saturated heterocycles. The second-order valence-electron chi connectivity index (χ2n) is 4.35. The lowest BCUT2D eigenvalue weighted by Gasteiger charge is -2.11. The fraction of sp³-hybridized carbons (Fsp3) is 0.0625. The van der Waals surface area contributed by atoms with Gasteiger partial charge in [-0.3, -0.25) is 4.57 Å². The van der Waals surface area contributed by atoms with Crippen LogP contribution in [-0.2, 0) is 0 Å². The van der Waals surface area contributed by atoms with E-state index in [-0.39, 0.29) is 5.69 Å². The molecule has 0 saturated carbocycles. The van der Waals surface area contributed by atoms with E-state index >= 15 is 0 Å². The average molecular weight is 266 g/mol. The molecule has 1 heterocycles. The van der Waals surface area contributed by atoms with Crippen LogP contribution in [0.5, 0.6) is 5.75 Å². The van der Waals surface area contributed by atoms with E-state index in [9.17, 15) is 4.79 Å². The third-order valence-corrected chi connectivity index (χ3v) is 3.17. The molecule has 0 spiro atoms. The molecule has 0 unspecified atom stereocenters. The van der Waals surface area contributed by atoms with Crippen molar-refractivity contribution in [3.8, 4) is 22.7 Å². The Hall–Kier alpha value is -2.75. The van der Waals surface area contributed by atoms with Gasteiger partial charge in [0.05, 0.1) is 18.5 Å². The maximum Gasteiger partial charge on any atom is 0.330 e. The van der Waals surface area contributed by atoms with Crippen LogP contribution in [0.15, 0.2) is 65.6 Å². The van der Waals surface area contributed by atoms with Crippen LogP contribution in [0.1, 0.15) is 0 Å². The highest BCUT2D eigenvalue weighted by atomic mass is 16.5. The van der Waals surface area contributed by atoms with E-state index in [0.29, 0.717) is 5.75 Å². The summed E-state index contributed by atoms with van der Waals surface area (Å²) in [6.07, 6.45) is 1.71. The minimum Gasteiger partial charge on any atom is -0.495 e. The number of rotatable bonds is 3. The summed E-state index contributed by atoms with van der Waals surface area (Å²) in [6, 6.07) is 17.2. The lowest BCUT2D eigenvalue weighted by atomic mass is 10.1. The normalized spacial score (nSPS) is 10.4. The van der Waals surface area contributed by atoms with Gasteiger partial charge in [0.15, 0.2) is 0 Å². The zero-order valence-corrected chi connectivity index (χ0v) is 11.0. The van der Waals surface area contributed by atoms with Crippen molar-refractivity contribution in [3.05, 3.63) is 71.3 Å². The van der Waals surface area contributed by atoms with E-state index in [1.165, 1.54) is 0 Å². The fourth-order valence-corrected chi connectivity index (χ4v) is 2.24. The molecule has 4 nitrogen and oxygen atoms in total. The number of nitrogens with one attached hydrogen (secondary N) is 1. The Bertz CT molecular complexity index is 772. The van der Waals surface area contributed by atoms with Crippen LogP contribution in [0.25, 0.3) is 16.9 Å². The number of para-hydroxylation sites is 2. The molecule has 0 aliphatic rings. The molecule has 4 heteroatoms. The summed E-state index contributed by atoms with van der Waals surface area (Å²) in [5.41, 5.74) is 2.31. The zero-order valence-electron chi connectivity index (χ0n) is 11.0. The topological polar surface area (TPSA) is 47.0 Å². The summed E-state index contributed by atoms with van der Waals surface area (Å²) in [5, 5.41) is 0. The summed E-state index contributed by atoms with van der Waals surface area (Å²) in [5.74, 6) is 0.659. The van der Waals surface area contributed by atoms with Crippen LogP contribution >= 0.6 is 0 Å². The lowest BCUT2D eigenvalue weighted by Crippen LogP contribution is -2.16. The number of hydrogen-bond acceptors (Lipinski definition) is 2. The summed E-state index contributed by atoms with van der Waals surface area (Å²) < 4.78 is 6.96. The van der Waals surface area contributed by atoms with Crippen molar-refractivity contribution in [2.75, 3.05) is 7.11 Å². The van der Waals surface area contributed by atoms with Crippen molar-refractivity contribution in [3.63, 3.8) is 0 Å². The maximum atomic E-state index is 12.1. The number of aromatic amines is 1. The van der Waals surface area contributed by atoms with Crippen molar-refractivity contribution in [2.45, 2.75) is 0 Å². The molecule has 20 heavy (non-hydrogen) atoms. The third kappa shape index (κ3) is 2.01. The maximum absolute atomic E-state index is 12.1. The van der Waals surface area contributed by atoms with E-state index in [1.807, 2.05) is 54.6 Å². The first-order chi connectivity index (χ1) is 9.81. The van der Waals surface area contributed by atoms with Gasteiger partial charge in [0.2, 0.25) is 0 Å². The Morgan fingerprint density at radius 3 is 2.45 bits per heavy atom. The van der Waals surface area contributed by atoms with Crippen LogP contribution in [0, 0.1) is 0 Å². The summed E-state index contributed by atoms with van der Waals surface area (Å²) in [6.45, 7) is 0. The predicted octanol–water partition coefficient (Wildman–Crippen LogP) is 2.84. The minimum atomic E-state index is -0.187. The highest BCUT2D eigenvalue weighted by Crippen LogP contribution is 2.26. The van der Waals surface area contributed by atoms with E-state index in [4.69, 9.17) is 4.74 Å². The molecule has 0 aliphatic heterocycles.